The van der Waals surface area contributed by atoms with E-state index in [0.717, 1.165) is 29.2 Å². The lowest BCUT2D eigenvalue weighted by atomic mass is 10.2. The van der Waals surface area contributed by atoms with Gasteiger partial charge in [0.2, 0.25) is 5.91 Å². The summed E-state index contributed by atoms with van der Waals surface area (Å²) in [5.74, 6) is -1.77. The molecule has 3 rings (SSSR count). The fourth-order valence-electron chi connectivity index (χ4n) is 2.87. The maximum absolute atomic E-state index is 13.6. The van der Waals surface area contributed by atoms with E-state index in [9.17, 15) is 22.0 Å². The molecule has 1 aliphatic heterocycles. The average molecular weight is 397 g/mol. The number of amides is 1. The minimum absolute atomic E-state index is 0.0303. The Hall–Kier alpha value is -2.06. The number of hydrogen-bond acceptors (Lipinski definition) is 4. The van der Waals surface area contributed by atoms with E-state index in [0.29, 0.717) is 6.42 Å². The highest BCUT2D eigenvalue weighted by Gasteiger charge is 2.32. The van der Waals surface area contributed by atoms with Crippen molar-refractivity contribution in [2.75, 3.05) is 18.8 Å². The summed E-state index contributed by atoms with van der Waals surface area (Å²) < 4.78 is 51.8. The van der Waals surface area contributed by atoms with Crippen molar-refractivity contribution < 1.29 is 22.0 Å². The first-order valence-corrected chi connectivity index (χ1v) is 10.6. The second kappa shape index (κ2) is 7.67. The average Bonchev–Trinajstić information content (AvgIpc) is 3.06. The standard InChI is InChI=1S/C18H17F2NO3S2/c19-14-4-5-15(20)13(12-14)3-6-18(22)21-8-7-17(16-2-1-10-25-16)26(23,24)11-9-21/h1-6,10,12,17H,7-9,11H2. The van der Waals surface area contributed by atoms with Gasteiger partial charge < -0.3 is 4.90 Å². The van der Waals surface area contributed by atoms with Crippen molar-refractivity contribution in [1.29, 1.82) is 0 Å². The molecule has 1 unspecified atom stereocenters. The molecule has 4 nitrogen and oxygen atoms in total. The van der Waals surface area contributed by atoms with Gasteiger partial charge in [0.05, 0.1) is 11.0 Å². The molecule has 2 aromatic rings. The normalized spacial score (nSPS) is 20.2. The Bertz CT molecular complexity index is 924. The molecule has 2 heterocycles. The number of carbonyl (C=O) groups is 1. The lowest BCUT2D eigenvalue weighted by Gasteiger charge is -2.17. The summed E-state index contributed by atoms with van der Waals surface area (Å²) in [4.78, 5) is 14.6. The number of thiophene rings is 1. The van der Waals surface area contributed by atoms with Gasteiger partial charge in [0, 0.05) is 29.6 Å². The zero-order valence-corrected chi connectivity index (χ0v) is 15.4. The van der Waals surface area contributed by atoms with Gasteiger partial charge in [0.1, 0.15) is 11.6 Å². The summed E-state index contributed by atoms with van der Waals surface area (Å²) in [6.07, 6.45) is 2.67. The van der Waals surface area contributed by atoms with E-state index in [-0.39, 0.29) is 24.4 Å². The number of carbonyl (C=O) groups excluding carboxylic acids is 1. The Morgan fingerprint density at radius 1 is 1.23 bits per heavy atom. The summed E-state index contributed by atoms with van der Waals surface area (Å²) in [6, 6.07) is 6.58. The summed E-state index contributed by atoms with van der Waals surface area (Å²) in [5, 5.41) is 1.22. The van der Waals surface area contributed by atoms with Crippen molar-refractivity contribution in [1.82, 2.24) is 4.90 Å². The minimum Gasteiger partial charge on any atom is -0.338 e. The smallest absolute Gasteiger partial charge is 0.246 e. The highest BCUT2D eigenvalue weighted by atomic mass is 32.2. The predicted molar refractivity (Wildman–Crippen MR) is 97.4 cm³/mol. The first-order valence-electron chi connectivity index (χ1n) is 8.04. The monoisotopic (exact) mass is 397 g/mol. The lowest BCUT2D eigenvalue weighted by Crippen LogP contribution is -2.32. The van der Waals surface area contributed by atoms with Gasteiger partial charge in [-0.25, -0.2) is 17.2 Å². The Morgan fingerprint density at radius 2 is 2.04 bits per heavy atom. The van der Waals surface area contributed by atoms with Crippen molar-refractivity contribution in [3.05, 3.63) is 63.9 Å². The largest absolute Gasteiger partial charge is 0.338 e. The quantitative estimate of drug-likeness (QED) is 0.746. The van der Waals surface area contributed by atoms with Crippen LogP contribution in [0.4, 0.5) is 8.78 Å². The fraction of sp³-hybridized carbons (Fsp3) is 0.278. The third-order valence-electron chi connectivity index (χ3n) is 4.28. The van der Waals surface area contributed by atoms with Crippen LogP contribution in [-0.2, 0) is 14.6 Å². The van der Waals surface area contributed by atoms with Crippen LogP contribution in [-0.4, -0.2) is 38.1 Å². The molecule has 1 atom stereocenters. The number of rotatable bonds is 3. The molecule has 0 spiro atoms. The van der Waals surface area contributed by atoms with Gasteiger partial charge in [0.25, 0.3) is 0 Å². The molecule has 138 valence electrons. The van der Waals surface area contributed by atoms with Crippen LogP contribution in [0.5, 0.6) is 0 Å². The molecule has 8 heteroatoms. The predicted octanol–water partition coefficient (Wildman–Crippen LogP) is 3.43. The van der Waals surface area contributed by atoms with Crippen molar-refractivity contribution in [3.63, 3.8) is 0 Å². The fourth-order valence-corrected chi connectivity index (χ4v) is 5.87. The highest BCUT2D eigenvalue weighted by Crippen LogP contribution is 2.32. The third kappa shape index (κ3) is 4.19. The maximum atomic E-state index is 13.6. The molecule has 0 N–H and O–H groups in total. The Kier molecular flexibility index (Phi) is 5.52. The summed E-state index contributed by atoms with van der Waals surface area (Å²) in [6.45, 7) is 0.371. The van der Waals surface area contributed by atoms with Crippen molar-refractivity contribution in [2.45, 2.75) is 11.7 Å². The molecule has 1 aromatic heterocycles. The van der Waals surface area contributed by atoms with E-state index in [1.165, 1.54) is 22.3 Å². The highest BCUT2D eigenvalue weighted by molar-refractivity contribution is 7.91. The number of halogens is 2. The van der Waals surface area contributed by atoms with Gasteiger partial charge >= 0.3 is 0 Å². The second-order valence-electron chi connectivity index (χ2n) is 5.98. The maximum Gasteiger partial charge on any atom is 0.246 e. The van der Waals surface area contributed by atoms with Crippen LogP contribution in [0.2, 0.25) is 0 Å². The van der Waals surface area contributed by atoms with Crippen LogP contribution in [0.25, 0.3) is 6.08 Å². The van der Waals surface area contributed by atoms with Crippen LogP contribution in [0, 0.1) is 11.6 Å². The van der Waals surface area contributed by atoms with Crippen LogP contribution in [0.3, 0.4) is 0 Å². The molecule has 1 fully saturated rings. The number of hydrogen-bond donors (Lipinski definition) is 0. The Labute approximate surface area is 154 Å². The van der Waals surface area contributed by atoms with E-state index in [2.05, 4.69) is 0 Å². The lowest BCUT2D eigenvalue weighted by molar-refractivity contribution is -0.125. The summed E-state index contributed by atoms with van der Waals surface area (Å²) in [7, 11) is -3.35. The van der Waals surface area contributed by atoms with E-state index >= 15 is 0 Å². The Balaban J connectivity index is 1.73. The SMILES string of the molecule is O=C(C=Cc1cc(F)ccc1F)N1CCC(c2cccs2)S(=O)(=O)CC1. The van der Waals surface area contributed by atoms with Gasteiger partial charge in [-0.05, 0) is 42.1 Å². The van der Waals surface area contributed by atoms with Crippen LogP contribution in [0.15, 0.2) is 41.8 Å². The van der Waals surface area contributed by atoms with Crippen LogP contribution >= 0.6 is 11.3 Å². The first-order chi connectivity index (χ1) is 12.4. The van der Waals surface area contributed by atoms with E-state index in [4.69, 9.17) is 0 Å². The summed E-state index contributed by atoms with van der Waals surface area (Å²) in [5.41, 5.74) is -0.0303. The second-order valence-corrected chi connectivity index (χ2v) is 9.27. The molecular weight excluding hydrogens is 380 g/mol. The van der Waals surface area contributed by atoms with Gasteiger partial charge in [-0.15, -0.1) is 11.3 Å². The first kappa shape index (κ1) is 18.7. The number of sulfone groups is 1. The zero-order chi connectivity index (χ0) is 18.7. The van der Waals surface area contributed by atoms with Crippen molar-refractivity contribution >= 4 is 33.2 Å². The molecule has 1 aliphatic rings. The molecule has 1 aromatic carbocycles. The summed E-state index contributed by atoms with van der Waals surface area (Å²) >= 11 is 1.39. The third-order valence-corrected chi connectivity index (χ3v) is 7.52. The molecule has 0 radical (unpaired) electrons. The van der Waals surface area contributed by atoms with E-state index in [1.54, 1.807) is 12.1 Å². The molecule has 1 amide bonds. The van der Waals surface area contributed by atoms with Crippen molar-refractivity contribution in [3.8, 4) is 0 Å². The van der Waals surface area contributed by atoms with Gasteiger partial charge in [-0.2, -0.15) is 0 Å². The number of benzene rings is 1. The molecular formula is C18H17F2NO3S2. The van der Waals surface area contributed by atoms with Gasteiger partial charge in [-0.1, -0.05) is 6.07 Å². The van der Waals surface area contributed by atoms with E-state index in [1.807, 2.05) is 5.38 Å². The van der Waals surface area contributed by atoms with Gasteiger partial charge in [-0.3, -0.25) is 4.79 Å². The van der Waals surface area contributed by atoms with Gasteiger partial charge in [0.15, 0.2) is 9.84 Å². The van der Waals surface area contributed by atoms with Crippen LogP contribution < -0.4 is 0 Å². The molecule has 1 saturated heterocycles. The molecule has 26 heavy (non-hydrogen) atoms. The van der Waals surface area contributed by atoms with Crippen molar-refractivity contribution in [2.24, 2.45) is 0 Å². The van der Waals surface area contributed by atoms with Crippen LogP contribution in [0.1, 0.15) is 22.1 Å². The Morgan fingerprint density at radius 3 is 2.77 bits per heavy atom. The molecule has 0 saturated carbocycles. The topological polar surface area (TPSA) is 54.5 Å². The molecule has 0 aliphatic carbocycles. The minimum atomic E-state index is -3.35. The number of nitrogens with zero attached hydrogens (tertiary/aromatic N) is 1. The van der Waals surface area contributed by atoms with E-state index < -0.39 is 32.6 Å². The zero-order valence-electron chi connectivity index (χ0n) is 13.8. The molecule has 0 bridgehead atoms.